The van der Waals surface area contributed by atoms with Crippen LogP contribution in [0.5, 0.6) is 0 Å². The molecule has 0 aromatic carbocycles. The zero-order valence-corrected chi connectivity index (χ0v) is 11.5. The summed E-state index contributed by atoms with van der Waals surface area (Å²) in [5.74, 6) is 0.326. The van der Waals surface area contributed by atoms with Crippen LogP contribution in [0.4, 0.5) is 0 Å². The topological polar surface area (TPSA) is 53.2 Å². The van der Waals surface area contributed by atoms with Crippen molar-refractivity contribution in [1.29, 1.82) is 0 Å². The number of alkyl halides is 1. The van der Waals surface area contributed by atoms with Crippen molar-refractivity contribution in [1.82, 2.24) is 9.88 Å². The molecule has 0 saturated heterocycles. The van der Waals surface area contributed by atoms with Gasteiger partial charge in [0.1, 0.15) is 0 Å². The average Bonchev–Trinajstić information content (AvgIpc) is 2.39. The number of hydrogen-bond donors (Lipinski definition) is 1. The molecular formula is C13H19ClN2O2. The molecule has 1 aromatic rings. The number of amides is 1. The van der Waals surface area contributed by atoms with Gasteiger partial charge in [-0.1, -0.05) is 13.8 Å². The third-order valence-corrected chi connectivity index (χ3v) is 3.17. The molecule has 0 aliphatic rings. The van der Waals surface area contributed by atoms with Gasteiger partial charge in [-0.15, -0.1) is 11.6 Å². The number of pyridine rings is 1. The third kappa shape index (κ3) is 3.60. The summed E-state index contributed by atoms with van der Waals surface area (Å²) in [6.07, 6.45) is 3.24. The van der Waals surface area contributed by atoms with Gasteiger partial charge in [-0.3, -0.25) is 9.59 Å². The Labute approximate surface area is 112 Å². The zero-order valence-electron chi connectivity index (χ0n) is 10.8. The van der Waals surface area contributed by atoms with E-state index in [1.807, 2.05) is 0 Å². The standard InChI is InChI=1S/C13H19ClN2O2/c1-3-11(4-2)16(8-7-14)13(18)10-5-6-12(17)15-9-10/h5-6,9,11H,3-4,7-8H2,1-2H3,(H,15,17). The van der Waals surface area contributed by atoms with Crippen molar-refractivity contribution in [2.45, 2.75) is 32.7 Å². The molecule has 0 aliphatic heterocycles. The van der Waals surface area contributed by atoms with Gasteiger partial charge in [-0.25, -0.2) is 0 Å². The molecule has 0 unspecified atom stereocenters. The smallest absolute Gasteiger partial charge is 0.255 e. The van der Waals surface area contributed by atoms with Crippen molar-refractivity contribution in [3.05, 3.63) is 34.2 Å². The number of carbonyl (C=O) groups is 1. The van der Waals surface area contributed by atoms with E-state index in [4.69, 9.17) is 11.6 Å². The lowest BCUT2D eigenvalue weighted by atomic mass is 10.1. The average molecular weight is 271 g/mol. The van der Waals surface area contributed by atoms with Crippen LogP contribution in [0.15, 0.2) is 23.1 Å². The first-order chi connectivity index (χ1) is 8.63. The monoisotopic (exact) mass is 270 g/mol. The van der Waals surface area contributed by atoms with Crippen molar-refractivity contribution in [3.63, 3.8) is 0 Å². The first-order valence-electron chi connectivity index (χ1n) is 6.19. The van der Waals surface area contributed by atoms with Crippen LogP contribution in [0.1, 0.15) is 37.0 Å². The van der Waals surface area contributed by atoms with Gasteiger partial charge in [0.05, 0.1) is 5.56 Å². The number of nitrogens with zero attached hydrogens (tertiary/aromatic N) is 1. The molecule has 18 heavy (non-hydrogen) atoms. The molecule has 0 atom stereocenters. The van der Waals surface area contributed by atoms with E-state index in [9.17, 15) is 9.59 Å². The Morgan fingerprint density at radius 1 is 1.39 bits per heavy atom. The number of H-pyrrole nitrogens is 1. The van der Waals surface area contributed by atoms with Gasteiger partial charge in [0.2, 0.25) is 5.56 Å². The van der Waals surface area contributed by atoms with Crippen LogP contribution in [0, 0.1) is 0 Å². The largest absolute Gasteiger partial charge is 0.334 e. The van der Waals surface area contributed by atoms with Gasteiger partial charge >= 0.3 is 0 Å². The maximum Gasteiger partial charge on any atom is 0.255 e. The molecule has 1 amide bonds. The molecule has 4 nitrogen and oxygen atoms in total. The maximum atomic E-state index is 12.4. The second kappa shape index (κ2) is 7.21. The first-order valence-corrected chi connectivity index (χ1v) is 6.73. The summed E-state index contributed by atoms with van der Waals surface area (Å²) < 4.78 is 0. The summed E-state index contributed by atoms with van der Waals surface area (Å²) in [4.78, 5) is 27.6. The predicted molar refractivity (Wildman–Crippen MR) is 73.2 cm³/mol. The zero-order chi connectivity index (χ0) is 13.5. The number of halogens is 1. The quantitative estimate of drug-likeness (QED) is 0.806. The molecule has 100 valence electrons. The fourth-order valence-electron chi connectivity index (χ4n) is 1.98. The van der Waals surface area contributed by atoms with E-state index in [-0.39, 0.29) is 17.5 Å². The molecule has 0 saturated carbocycles. The summed E-state index contributed by atoms with van der Waals surface area (Å²) in [6, 6.07) is 3.09. The minimum absolute atomic E-state index is 0.0828. The van der Waals surface area contributed by atoms with Gasteiger partial charge in [-0.2, -0.15) is 0 Å². The van der Waals surface area contributed by atoms with Crippen molar-refractivity contribution in [2.24, 2.45) is 0 Å². The lowest BCUT2D eigenvalue weighted by Gasteiger charge is -2.30. The normalized spacial score (nSPS) is 10.7. The lowest BCUT2D eigenvalue weighted by molar-refractivity contribution is 0.0681. The van der Waals surface area contributed by atoms with Crippen LogP contribution in [0.2, 0.25) is 0 Å². The van der Waals surface area contributed by atoms with E-state index in [2.05, 4.69) is 18.8 Å². The van der Waals surface area contributed by atoms with Gasteiger partial charge in [0.25, 0.3) is 5.91 Å². The van der Waals surface area contributed by atoms with E-state index in [1.54, 1.807) is 11.0 Å². The number of aromatic amines is 1. The van der Waals surface area contributed by atoms with Crippen LogP contribution in [0.3, 0.4) is 0 Å². The second-order valence-corrected chi connectivity index (χ2v) is 4.48. The van der Waals surface area contributed by atoms with Crippen LogP contribution >= 0.6 is 11.6 Å². The number of aromatic nitrogens is 1. The minimum Gasteiger partial charge on any atom is -0.334 e. The predicted octanol–water partition coefficient (Wildman–Crippen LogP) is 2.24. The highest BCUT2D eigenvalue weighted by molar-refractivity contribution is 6.18. The summed E-state index contributed by atoms with van der Waals surface area (Å²) in [6.45, 7) is 4.62. The highest BCUT2D eigenvalue weighted by atomic mass is 35.5. The number of hydrogen-bond acceptors (Lipinski definition) is 2. The van der Waals surface area contributed by atoms with E-state index in [0.717, 1.165) is 12.8 Å². The molecule has 1 heterocycles. The second-order valence-electron chi connectivity index (χ2n) is 4.10. The molecule has 1 aromatic heterocycles. The molecule has 0 bridgehead atoms. The fraction of sp³-hybridized carbons (Fsp3) is 0.538. The van der Waals surface area contributed by atoms with E-state index < -0.39 is 0 Å². The molecule has 0 aliphatic carbocycles. The Hall–Kier alpha value is -1.29. The Kier molecular flexibility index (Phi) is 5.92. The van der Waals surface area contributed by atoms with Gasteiger partial charge < -0.3 is 9.88 Å². The van der Waals surface area contributed by atoms with Gasteiger partial charge in [0.15, 0.2) is 0 Å². The molecular weight excluding hydrogens is 252 g/mol. The minimum atomic E-state index is -0.210. The number of carbonyl (C=O) groups excluding carboxylic acids is 1. The summed E-state index contributed by atoms with van der Waals surface area (Å²) in [5, 5.41) is 0. The van der Waals surface area contributed by atoms with Crippen molar-refractivity contribution in [3.8, 4) is 0 Å². The first kappa shape index (κ1) is 14.8. The fourth-order valence-corrected chi connectivity index (χ4v) is 2.16. The van der Waals surface area contributed by atoms with Crippen LogP contribution < -0.4 is 5.56 Å². The van der Waals surface area contributed by atoms with Crippen molar-refractivity contribution in [2.75, 3.05) is 12.4 Å². The van der Waals surface area contributed by atoms with E-state index in [0.29, 0.717) is 18.0 Å². The molecule has 5 heteroatoms. The third-order valence-electron chi connectivity index (χ3n) is 3.00. The Morgan fingerprint density at radius 2 is 2.06 bits per heavy atom. The van der Waals surface area contributed by atoms with Gasteiger partial charge in [0, 0.05) is 30.7 Å². The summed E-state index contributed by atoms with van der Waals surface area (Å²) >= 11 is 5.76. The van der Waals surface area contributed by atoms with Crippen LogP contribution in [-0.2, 0) is 0 Å². The Morgan fingerprint density at radius 3 is 2.50 bits per heavy atom. The van der Waals surface area contributed by atoms with Crippen molar-refractivity contribution < 1.29 is 4.79 Å². The molecule has 0 spiro atoms. The Bertz CT molecular complexity index is 420. The van der Waals surface area contributed by atoms with Gasteiger partial charge in [-0.05, 0) is 18.9 Å². The molecule has 1 rings (SSSR count). The van der Waals surface area contributed by atoms with Crippen LogP contribution in [0.25, 0.3) is 0 Å². The van der Waals surface area contributed by atoms with E-state index in [1.165, 1.54) is 12.3 Å². The number of nitrogens with one attached hydrogen (secondary N) is 1. The SMILES string of the molecule is CCC(CC)N(CCCl)C(=O)c1ccc(=O)[nH]c1. The summed E-state index contributed by atoms with van der Waals surface area (Å²) in [5.41, 5.74) is 0.282. The highest BCUT2D eigenvalue weighted by Gasteiger charge is 2.21. The molecule has 1 N–H and O–H groups in total. The lowest BCUT2D eigenvalue weighted by Crippen LogP contribution is -2.41. The summed E-state index contributed by atoms with van der Waals surface area (Å²) in [7, 11) is 0. The Balaban J connectivity index is 2.94. The maximum absolute atomic E-state index is 12.4. The van der Waals surface area contributed by atoms with Crippen molar-refractivity contribution >= 4 is 17.5 Å². The number of rotatable bonds is 6. The van der Waals surface area contributed by atoms with Crippen LogP contribution in [-0.4, -0.2) is 34.3 Å². The van der Waals surface area contributed by atoms with E-state index >= 15 is 0 Å². The highest BCUT2D eigenvalue weighted by Crippen LogP contribution is 2.13. The molecule has 0 radical (unpaired) electrons. The molecule has 0 fully saturated rings.